The highest BCUT2D eigenvalue weighted by Crippen LogP contribution is 2.20. The summed E-state index contributed by atoms with van der Waals surface area (Å²) in [5.74, 6) is 0.0496. The summed E-state index contributed by atoms with van der Waals surface area (Å²) in [5, 5.41) is 2.72. The highest BCUT2D eigenvalue weighted by Gasteiger charge is 2.23. The molecule has 1 aromatic carbocycles. The number of rotatable bonds is 6. The van der Waals surface area contributed by atoms with Crippen LogP contribution >= 0.6 is 0 Å². The van der Waals surface area contributed by atoms with Gasteiger partial charge in [-0.15, -0.1) is 0 Å². The Kier molecular flexibility index (Phi) is 5.92. The Hall–Kier alpha value is -2.25. The van der Waals surface area contributed by atoms with E-state index in [1.54, 1.807) is 39.0 Å². The van der Waals surface area contributed by atoms with Crippen LogP contribution < -0.4 is 5.32 Å². The largest absolute Gasteiger partial charge is 0.307 e. The van der Waals surface area contributed by atoms with Gasteiger partial charge in [0.25, 0.3) is 5.91 Å². The molecule has 2 rings (SSSR count). The lowest BCUT2D eigenvalue weighted by Crippen LogP contribution is -2.30. The maximum atomic E-state index is 12.7. The molecule has 0 fully saturated rings. The third-order valence-electron chi connectivity index (χ3n) is 3.93. The Bertz CT molecular complexity index is 875. The molecule has 0 saturated heterocycles. The molecule has 7 heteroatoms. The lowest BCUT2D eigenvalue weighted by Gasteiger charge is -2.19. The van der Waals surface area contributed by atoms with E-state index < -0.39 is 10.0 Å². The summed E-state index contributed by atoms with van der Waals surface area (Å²) in [5.41, 5.74) is 1.80. The van der Waals surface area contributed by atoms with E-state index in [0.717, 1.165) is 5.69 Å². The SMILES string of the molecule is CCN(CC)S(=O)(=O)c1ccc(C)c(C(=O)Nc2cccc(C)n2)c1. The highest BCUT2D eigenvalue weighted by molar-refractivity contribution is 7.89. The van der Waals surface area contributed by atoms with Gasteiger partial charge in [0.05, 0.1) is 4.90 Å². The van der Waals surface area contributed by atoms with Crippen molar-refractivity contribution >= 4 is 21.7 Å². The molecule has 0 saturated carbocycles. The standard InChI is InChI=1S/C18H23N3O3S/c1-5-21(6-2)25(23,24)15-11-10-13(3)16(12-15)18(22)20-17-9-7-8-14(4)19-17/h7-12H,5-6H2,1-4H3,(H,19,20,22). The van der Waals surface area contributed by atoms with Crippen molar-refractivity contribution in [1.82, 2.24) is 9.29 Å². The molecular weight excluding hydrogens is 338 g/mol. The van der Waals surface area contributed by atoms with Gasteiger partial charge in [0.2, 0.25) is 10.0 Å². The van der Waals surface area contributed by atoms with E-state index in [2.05, 4.69) is 10.3 Å². The molecule has 1 amide bonds. The first kappa shape index (κ1) is 19.1. The van der Waals surface area contributed by atoms with Crippen molar-refractivity contribution in [2.75, 3.05) is 18.4 Å². The number of hydrogen-bond acceptors (Lipinski definition) is 4. The second kappa shape index (κ2) is 7.76. The molecule has 0 aliphatic carbocycles. The monoisotopic (exact) mass is 361 g/mol. The molecule has 2 aromatic rings. The quantitative estimate of drug-likeness (QED) is 0.858. The van der Waals surface area contributed by atoms with Crippen LogP contribution in [0.4, 0.5) is 5.82 Å². The van der Waals surface area contributed by atoms with Crippen LogP contribution in [0.25, 0.3) is 0 Å². The molecule has 0 unspecified atom stereocenters. The van der Waals surface area contributed by atoms with Crippen molar-refractivity contribution in [3.63, 3.8) is 0 Å². The van der Waals surface area contributed by atoms with E-state index in [1.807, 2.05) is 13.0 Å². The van der Waals surface area contributed by atoms with E-state index in [1.165, 1.54) is 16.4 Å². The second-order valence-electron chi connectivity index (χ2n) is 5.68. The number of hydrogen-bond donors (Lipinski definition) is 1. The molecule has 0 aliphatic heterocycles. The maximum absolute atomic E-state index is 12.7. The summed E-state index contributed by atoms with van der Waals surface area (Å²) in [6.07, 6.45) is 0. The average Bonchev–Trinajstić information content (AvgIpc) is 2.55. The fraction of sp³-hybridized carbons (Fsp3) is 0.333. The normalized spacial score (nSPS) is 11.6. The number of carbonyl (C=O) groups excluding carboxylic acids is 1. The van der Waals surface area contributed by atoms with Crippen molar-refractivity contribution in [3.05, 3.63) is 53.2 Å². The fourth-order valence-electron chi connectivity index (χ4n) is 2.52. The number of carbonyl (C=O) groups is 1. The number of sulfonamides is 1. The zero-order valence-electron chi connectivity index (χ0n) is 14.9. The van der Waals surface area contributed by atoms with Crippen molar-refractivity contribution in [2.45, 2.75) is 32.6 Å². The molecule has 25 heavy (non-hydrogen) atoms. The zero-order valence-corrected chi connectivity index (χ0v) is 15.7. The van der Waals surface area contributed by atoms with Crippen LogP contribution in [0.15, 0.2) is 41.3 Å². The Morgan fingerprint density at radius 3 is 2.40 bits per heavy atom. The van der Waals surface area contributed by atoms with Crippen LogP contribution in [0.5, 0.6) is 0 Å². The predicted octanol–water partition coefficient (Wildman–Crippen LogP) is 2.98. The molecule has 0 bridgehead atoms. The topological polar surface area (TPSA) is 79.4 Å². The van der Waals surface area contributed by atoms with Crippen molar-refractivity contribution < 1.29 is 13.2 Å². The number of nitrogens with zero attached hydrogens (tertiary/aromatic N) is 2. The molecule has 1 N–H and O–H groups in total. The smallest absolute Gasteiger partial charge is 0.257 e. The average molecular weight is 361 g/mol. The predicted molar refractivity (Wildman–Crippen MR) is 98.2 cm³/mol. The van der Waals surface area contributed by atoms with E-state index in [4.69, 9.17) is 0 Å². The van der Waals surface area contributed by atoms with Gasteiger partial charge in [-0.1, -0.05) is 26.0 Å². The van der Waals surface area contributed by atoms with Gasteiger partial charge in [0.1, 0.15) is 5.82 Å². The maximum Gasteiger partial charge on any atom is 0.257 e. The third kappa shape index (κ3) is 4.24. The summed E-state index contributed by atoms with van der Waals surface area (Å²) in [4.78, 5) is 16.9. The minimum atomic E-state index is -3.62. The number of aromatic nitrogens is 1. The van der Waals surface area contributed by atoms with Crippen molar-refractivity contribution in [3.8, 4) is 0 Å². The molecule has 6 nitrogen and oxygen atoms in total. The second-order valence-corrected chi connectivity index (χ2v) is 7.62. The summed E-state index contributed by atoms with van der Waals surface area (Å²) >= 11 is 0. The number of aryl methyl sites for hydroxylation is 2. The highest BCUT2D eigenvalue weighted by atomic mass is 32.2. The van der Waals surface area contributed by atoms with Crippen LogP contribution in [-0.2, 0) is 10.0 Å². The zero-order chi connectivity index (χ0) is 18.6. The molecule has 1 heterocycles. The molecule has 1 aromatic heterocycles. The fourth-order valence-corrected chi connectivity index (χ4v) is 4.00. The van der Waals surface area contributed by atoms with Gasteiger partial charge in [-0.25, -0.2) is 13.4 Å². The van der Waals surface area contributed by atoms with Gasteiger partial charge in [0.15, 0.2) is 0 Å². The summed E-state index contributed by atoms with van der Waals surface area (Å²) < 4.78 is 26.7. The molecule has 0 aliphatic rings. The summed E-state index contributed by atoms with van der Waals surface area (Å²) in [6.45, 7) is 7.92. The summed E-state index contributed by atoms with van der Waals surface area (Å²) in [7, 11) is -3.62. The first-order chi connectivity index (χ1) is 11.8. The summed E-state index contributed by atoms with van der Waals surface area (Å²) in [6, 6.07) is 9.93. The van der Waals surface area contributed by atoms with Crippen molar-refractivity contribution in [2.24, 2.45) is 0 Å². The number of amides is 1. The van der Waals surface area contributed by atoms with Crippen molar-refractivity contribution in [1.29, 1.82) is 0 Å². The number of nitrogens with one attached hydrogen (secondary N) is 1. The molecular formula is C18H23N3O3S. The number of benzene rings is 1. The Balaban J connectivity index is 2.37. The molecule has 0 atom stereocenters. The van der Waals surface area contributed by atoms with Gasteiger partial charge in [-0.2, -0.15) is 4.31 Å². The van der Waals surface area contributed by atoms with E-state index in [0.29, 0.717) is 30.0 Å². The van der Waals surface area contributed by atoms with E-state index >= 15 is 0 Å². The minimum absolute atomic E-state index is 0.115. The van der Waals surface area contributed by atoms with Crippen LogP contribution in [0.3, 0.4) is 0 Å². The number of anilines is 1. The molecule has 0 radical (unpaired) electrons. The first-order valence-corrected chi connectivity index (χ1v) is 9.59. The van der Waals surface area contributed by atoms with Gasteiger partial charge in [-0.3, -0.25) is 4.79 Å². The molecule has 134 valence electrons. The lowest BCUT2D eigenvalue weighted by atomic mass is 10.1. The van der Waals surface area contributed by atoms with Crippen LogP contribution in [-0.4, -0.2) is 36.7 Å². The minimum Gasteiger partial charge on any atom is -0.307 e. The lowest BCUT2D eigenvalue weighted by molar-refractivity contribution is 0.102. The van der Waals surface area contributed by atoms with Gasteiger partial charge in [0, 0.05) is 24.3 Å². The van der Waals surface area contributed by atoms with Crippen LogP contribution in [0.1, 0.15) is 35.5 Å². The van der Waals surface area contributed by atoms with Crippen LogP contribution in [0.2, 0.25) is 0 Å². The Labute approximate surface area is 148 Å². The number of pyridine rings is 1. The van der Waals surface area contributed by atoms with Gasteiger partial charge >= 0.3 is 0 Å². The first-order valence-electron chi connectivity index (χ1n) is 8.15. The third-order valence-corrected chi connectivity index (χ3v) is 5.97. The molecule has 0 spiro atoms. The van der Waals surface area contributed by atoms with Gasteiger partial charge in [-0.05, 0) is 43.7 Å². The Morgan fingerprint density at radius 1 is 1.12 bits per heavy atom. The van der Waals surface area contributed by atoms with E-state index in [9.17, 15) is 13.2 Å². The Morgan fingerprint density at radius 2 is 1.80 bits per heavy atom. The van der Waals surface area contributed by atoms with Crippen LogP contribution in [0, 0.1) is 13.8 Å². The van der Waals surface area contributed by atoms with Gasteiger partial charge < -0.3 is 5.32 Å². The van der Waals surface area contributed by atoms with E-state index in [-0.39, 0.29) is 10.8 Å².